The highest BCUT2D eigenvalue weighted by Crippen LogP contribution is 2.31. The minimum atomic E-state index is -0.296. The standard InChI is InChI=1S/C24H29N3O4/c1-15(2)25-23(29)17-7-5-8-19(12-17)26-24(30)22-18(10-11-31-22)14-27-20-9-4-3-6-16(20)13-21(27)28/h3-4,6,9-11,15,17,19H,5,7-8,12-14H2,1-2H3,(H,25,29)(H,26,30). The van der Waals surface area contributed by atoms with Crippen molar-refractivity contribution < 1.29 is 18.8 Å². The maximum atomic E-state index is 12.9. The summed E-state index contributed by atoms with van der Waals surface area (Å²) in [6.45, 7) is 4.18. The van der Waals surface area contributed by atoms with Gasteiger partial charge >= 0.3 is 0 Å². The van der Waals surface area contributed by atoms with Crippen LogP contribution in [0.3, 0.4) is 0 Å². The largest absolute Gasteiger partial charge is 0.459 e. The number of hydrogen-bond acceptors (Lipinski definition) is 4. The molecular formula is C24H29N3O4. The lowest BCUT2D eigenvalue weighted by Crippen LogP contribution is -2.43. The fourth-order valence-corrected chi connectivity index (χ4v) is 4.53. The molecule has 7 heteroatoms. The molecule has 2 unspecified atom stereocenters. The van der Waals surface area contributed by atoms with Crippen LogP contribution in [0.15, 0.2) is 41.0 Å². The van der Waals surface area contributed by atoms with E-state index in [1.807, 2.05) is 38.1 Å². The highest BCUT2D eigenvalue weighted by Gasteiger charge is 2.31. The van der Waals surface area contributed by atoms with Crippen LogP contribution < -0.4 is 15.5 Å². The average molecular weight is 424 g/mol. The number of para-hydroxylation sites is 1. The van der Waals surface area contributed by atoms with Crippen LogP contribution in [0, 0.1) is 5.92 Å². The number of benzene rings is 1. The molecule has 1 aromatic carbocycles. The fourth-order valence-electron chi connectivity index (χ4n) is 4.53. The molecule has 3 amide bonds. The van der Waals surface area contributed by atoms with Crippen molar-refractivity contribution in [3.05, 3.63) is 53.5 Å². The SMILES string of the molecule is CC(C)NC(=O)C1CCCC(NC(=O)c2occc2CN2C(=O)Cc3ccccc32)C1. The second-order valence-electron chi connectivity index (χ2n) is 8.76. The van der Waals surface area contributed by atoms with Gasteiger partial charge in [0.25, 0.3) is 5.91 Å². The van der Waals surface area contributed by atoms with Crippen molar-refractivity contribution in [1.29, 1.82) is 0 Å². The lowest BCUT2D eigenvalue weighted by molar-refractivity contribution is -0.126. The number of nitrogens with one attached hydrogen (secondary N) is 2. The monoisotopic (exact) mass is 423 g/mol. The first kappa shape index (κ1) is 21.2. The summed E-state index contributed by atoms with van der Waals surface area (Å²) >= 11 is 0. The van der Waals surface area contributed by atoms with Gasteiger partial charge in [-0.1, -0.05) is 24.6 Å². The van der Waals surface area contributed by atoms with Gasteiger partial charge in [-0.05, 0) is 50.8 Å². The summed E-state index contributed by atoms with van der Waals surface area (Å²) in [7, 11) is 0. The maximum absolute atomic E-state index is 12.9. The number of amides is 3. The molecular weight excluding hydrogens is 394 g/mol. The summed E-state index contributed by atoms with van der Waals surface area (Å²) in [4.78, 5) is 39.5. The predicted octanol–water partition coefficient (Wildman–Crippen LogP) is 3.18. The fraction of sp³-hybridized carbons (Fsp3) is 0.458. The number of hydrogen-bond donors (Lipinski definition) is 2. The molecule has 31 heavy (non-hydrogen) atoms. The van der Waals surface area contributed by atoms with Crippen LogP contribution in [0.25, 0.3) is 0 Å². The second-order valence-corrected chi connectivity index (χ2v) is 8.76. The molecule has 2 aromatic rings. The lowest BCUT2D eigenvalue weighted by Gasteiger charge is -2.29. The molecule has 1 fully saturated rings. The van der Waals surface area contributed by atoms with Crippen LogP contribution in [-0.2, 0) is 22.6 Å². The molecule has 4 rings (SSSR count). The van der Waals surface area contributed by atoms with E-state index >= 15 is 0 Å². The third kappa shape index (κ3) is 4.65. The topological polar surface area (TPSA) is 91.7 Å². The van der Waals surface area contributed by atoms with Crippen molar-refractivity contribution in [3.63, 3.8) is 0 Å². The Balaban J connectivity index is 1.41. The summed E-state index contributed by atoms with van der Waals surface area (Å²) in [5, 5.41) is 6.01. The van der Waals surface area contributed by atoms with E-state index in [4.69, 9.17) is 4.42 Å². The highest BCUT2D eigenvalue weighted by molar-refractivity contribution is 6.01. The Morgan fingerprint density at radius 2 is 2.00 bits per heavy atom. The number of carbonyl (C=O) groups excluding carboxylic acids is 3. The zero-order chi connectivity index (χ0) is 22.0. The van der Waals surface area contributed by atoms with Gasteiger partial charge in [-0.3, -0.25) is 14.4 Å². The molecule has 164 valence electrons. The lowest BCUT2D eigenvalue weighted by atomic mass is 9.85. The van der Waals surface area contributed by atoms with Crippen molar-refractivity contribution in [2.45, 2.75) is 64.6 Å². The van der Waals surface area contributed by atoms with E-state index in [2.05, 4.69) is 10.6 Å². The number of nitrogens with zero attached hydrogens (tertiary/aromatic N) is 1. The van der Waals surface area contributed by atoms with E-state index in [-0.39, 0.29) is 41.5 Å². The third-order valence-corrected chi connectivity index (χ3v) is 6.02. The van der Waals surface area contributed by atoms with Gasteiger partial charge in [-0.2, -0.15) is 0 Å². The molecule has 2 atom stereocenters. The van der Waals surface area contributed by atoms with Crippen LogP contribution in [0.5, 0.6) is 0 Å². The van der Waals surface area contributed by atoms with E-state index in [1.54, 1.807) is 11.0 Å². The third-order valence-electron chi connectivity index (χ3n) is 6.02. The molecule has 2 aliphatic rings. The molecule has 2 N–H and O–H groups in total. The van der Waals surface area contributed by atoms with Gasteiger partial charge in [0.2, 0.25) is 11.8 Å². The first-order valence-corrected chi connectivity index (χ1v) is 11.0. The van der Waals surface area contributed by atoms with Gasteiger partial charge in [-0.25, -0.2) is 0 Å². The maximum Gasteiger partial charge on any atom is 0.287 e. The predicted molar refractivity (Wildman–Crippen MR) is 117 cm³/mol. The Hall–Kier alpha value is -3.09. The van der Waals surface area contributed by atoms with E-state index in [0.29, 0.717) is 24.9 Å². The molecule has 1 aliphatic carbocycles. The van der Waals surface area contributed by atoms with Crippen LogP contribution in [0.4, 0.5) is 5.69 Å². The molecule has 0 radical (unpaired) electrons. The smallest absolute Gasteiger partial charge is 0.287 e. The number of furan rings is 1. The van der Waals surface area contributed by atoms with Crippen molar-refractivity contribution in [1.82, 2.24) is 10.6 Å². The van der Waals surface area contributed by atoms with E-state index in [1.165, 1.54) is 6.26 Å². The van der Waals surface area contributed by atoms with E-state index < -0.39 is 0 Å². The number of fused-ring (bicyclic) bond motifs is 1. The van der Waals surface area contributed by atoms with Crippen molar-refractivity contribution in [3.8, 4) is 0 Å². The van der Waals surface area contributed by atoms with E-state index in [0.717, 1.165) is 30.5 Å². The molecule has 0 bridgehead atoms. The zero-order valence-electron chi connectivity index (χ0n) is 18.0. The summed E-state index contributed by atoms with van der Waals surface area (Å²) in [6, 6.07) is 9.47. The normalized spacial score (nSPS) is 20.6. The van der Waals surface area contributed by atoms with Gasteiger partial charge < -0.3 is 20.0 Å². The first-order chi connectivity index (χ1) is 14.9. The van der Waals surface area contributed by atoms with Crippen molar-refractivity contribution >= 4 is 23.4 Å². The van der Waals surface area contributed by atoms with E-state index in [9.17, 15) is 14.4 Å². The Labute approximate surface area is 182 Å². The summed E-state index contributed by atoms with van der Waals surface area (Å²) in [5.41, 5.74) is 2.55. The Kier molecular flexibility index (Phi) is 6.11. The Bertz CT molecular complexity index is 981. The van der Waals surface area contributed by atoms with Crippen LogP contribution in [-0.4, -0.2) is 29.8 Å². The molecule has 1 aliphatic heterocycles. The zero-order valence-corrected chi connectivity index (χ0v) is 18.0. The molecule has 1 aromatic heterocycles. The van der Waals surface area contributed by atoms with Crippen LogP contribution in [0.2, 0.25) is 0 Å². The average Bonchev–Trinajstić information content (AvgIpc) is 3.32. The molecule has 0 saturated heterocycles. The van der Waals surface area contributed by atoms with Crippen molar-refractivity contribution in [2.24, 2.45) is 5.92 Å². The Morgan fingerprint density at radius 1 is 1.19 bits per heavy atom. The molecule has 7 nitrogen and oxygen atoms in total. The summed E-state index contributed by atoms with van der Waals surface area (Å²) in [5.74, 6) is -0.0871. The number of rotatable bonds is 6. The number of anilines is 1. The summed E-state index contributed by atoms with van der Waals surface area (Å²) < 4.78 is 5.50. The number of carbonyl (C=O) groups is 3. The van der Waals surface area contributed by atoms with Crippen molar-refractivity contribution in [2.75, 3.05) is 4.90 Å². The van der Waals surface area contributed by atoms with Gasteiger partial charge in [0.05, 0.1) is 19.2 Å². The quantitative estimate of drug-likeness (QED) is 0.747. The molecule has 1 saturated carbocycles. The summed E-state index contributed by atoms with van der Waals surface area (Å²) in [6.07, 6.45) is 5.05. The van der Waals surface area contributed by atoms with Crippen LogP contribution in [0.1, 0.15) is 61.2 Å². The highest BCUT2D eigenvalue weighted by atomic mass is 16.3. The van der Waals surface area contributed by atoms with Gasteiger partial charge in [-0.15, -0.1) is 0 Å². The second kappa shape index (κ2) is 8.96. The van der Waals surface area contributed by atoms with Gasteiger partial charge in [0.1, 0.15) is 0 Å². The van der Waals surface area contributed by atoms with Crippen LogP contribution >= 0.6 is 0 Å². The minimum absolute atomic E-state index is 0.0139. The van der Waals surface area contributed by atoms with Gasteiger partial charge in [0.15, 0.2) is 5.76 Å². The molecule has 2 heterocycles. The molecule has 0 spiro atoms. The Morgan fingerprint density at radius 3 is 2.81 bits per heavy atom. The van der Waals surface area contributed by atoms with Gasteiger partial charge in [0, 0.05) is 29.3 Å². The first-order valence-electron chi connectivity index (χ1n) is 11.0. The minimum Gasteiger partial charge on any atom is -0.459 e.